The molecule has 144 valence electrons. The molecule has 3 aromatic rings. The van der Waals surface area contributed by atoms with Crippen molar-refractivity contribution in [2.45, 2.75) is 26.4 Å². The molecule has 1 atom stereocenters. The Balaban J connectivity index is 1.51. The summed E-state index contributed by atoms with van der Waals surface area (Å²) in [6.07, 6.45) is 1.85. The van der Waals surface area contributed by atoms with Gasteiger partial charge in [-0.25, -0.2) is 0 Å². The van der Waals surface area contributed by atoms with Crippen LogP contribution in [0.4, 0.5) is 5.69 Å². The molecule has 4 rings (SSSR count). The quantitative estimate of drug-likeness (QED) is 0.629. The number of anilines is 1. The van der Waals surface area contributed by atoms with Crippen LogP contribution < -0.4 is 4.90 Å². The second-order valence-electron chi connectivity index (χ2n) is 7.09. The van der Waals surface area contributed by atoms with Crippen LogP contribution >= 0.6 is 11.3 Å². The molecular formula is C22H22N2O3S. The molecule has 5 nitrogen and oxygen atoms in total. The second kappa shape index (κ2) is 8.02. The van der Waals surface area contributed by atoms with Gasteiger partial charge in [0.05, 0.1) is 25.3 Å². The fourth-order valence-corrected chi connectivity index (χ4v) is 4.22. The number of carbonyl (C=O) groups is 2. The number of benzene rings is 1. The molecule has 1 aliphatic rings. The number of thiophene rings is 1. The van der Waals surface area contributed by atoms with Crippen LogP contribution in [0.1, 0.15) is 22.6 Å². The monoisotopic (exact) mass is 394 g/mol. The van der Waals surface area contributed by atoms with Gasteiger partial charge in [0.15, 0.2) is 0 Å². The van der Waals surface area contributed by atoms with Crippen molar-refractivity contribution < 1.29 is 14.0 Å². The van der Waals surface area contributed by atoms with Gasteiger partial charge in [-0.2, -0.15) is 0 Å². The van der Waals surface area contributed by atoms with E-state index in [1.807, 2.05) is 60.8 Å². The van der Waals surface area contributed by atoms with Crippen molar-refractivity contribution in [3.63, 3.8) is 0 Å². The first-order valence-corrected chi connectivity index (χ1v) is 10.2. The van der Waals surface area contributed by atoms with Crippen LogP contribution in [-0.2, 0) is 22.7 Å². The minimum atomic E-state index is -0.344. The van der Waals surface area contributed by atoms with Gasteiger partial charge in [0.1, 0.15) is 5.76 Å². The summed E-state index contributed by atoms with van der Waals surface area (Å²) in [7, 11) is 0. The van der Waals surface area contributed by atoms with Gasteiger partial charge in [-0.1, -0.05) is 23.8 Å². The highest BCUT2D eigenvalue weighted by atomic mass is 32.1. The third-order valence-electron chi connectivity index (χ3n) is 4.99. The predicted octanol–water partition coefficient (Wildman–Crippen LogP) is 4.23. The molecule has 28 heavy (non-hydrogen) atoms. The zero-order valence-corrected chi connectivity index (χ0v) is 16.5. The Morgan fingerprint density at radius 2 is 2.00 bits per heavy atom. The number of hydrogen-bond donors (Lipinski definition) is 0. The Labute approximate surface area is 168 Å². The van der Waals surface area contributed by atoms with E-state index in [2.05, 4.69) is 0 Å². The first-order valence-electron chi connectivity index (χ1n) is 9.31. The predicted molar refractivity (Wildman–Crippen MR) is 109 cm³/mol. The number of hydrogen-bond acceptors (Lipinski definition) is 4. The zero-order chi connectivity index (χ0) is 19.5. The SMILES string of the molecule is Cc1ccc(N2CC(C(=O)N(Cc3ccco3)Cc3cccs3)CC2=O)cc1. The molecule has 1 aliphatic heterocycles. The average molecular weight is 394 g/mol. The van der Waals surface area contributed by atoms with Crippen LogP contribution in [0.25, 0.3) is 0 Å². The molecule has 0 saturated carbocycles. The van der Waals surface area contributed by atoms with Gasteiger partial charge in [0.2, 0.25) is 11.8 Å². The number of aryl methyl sites for hydroxylation is 1. The van der Waals surface area contributed by atoms with Gasteiger partial charge in [0.25, 0.3) is 0 Å². The Kier molecular flexibility index (Phi) is 5.30. The highest BCUT2D eigenvalue weighted by molar-refractivity contribution is 7.09. The van der Waals surface area contributed by atoms with Crippen LogP contribution in [0.15, 0.2) is 64.6 Å². The van der Waals surface area contributed by atoms with Crippen LogP contribution in [0.2, 0.25) is 0 Å². The van der Waals surface area contributed by atoms with Crippen molar-refractivity contribution in [1.82, 2.24) is 4.90 Å². The lowest BCUT2D eigenvalue weighted by Gasteiger charge is -2.24. The molecule has 1 saturated heterocycles. The molecule has 1 fully saturated rings. The number of furan rings is 1. The van der Waals surface area contributed by atoms with Gasteiger partial charge in [-0.05, 0) is 42.6 Å². The fraction of sp³-hybridized carbons (Fsp3) is 0.273. The van der Waals surface area contributed by atoms with Crippen molar-refractivity contribution in [1.29, 1.82) is 0 Å². The maximum Gasteiger partial charge on any atom is 0.228 e. The summed E-state index contributed by atoms with van der Waals surface area (Å²) >= 11 is 1.62. The Morgan fingerprint density at radius 1 is 1.18 bits per heavy atom. The van der Waals surface area contributed by atoms with Crippen LogP contribution in [0, 0.1) is 12.8 Å². The summed E-state index contributed by atoms with van der Waals surface area (Å²) in [5.41, 5.74) is 1.99. The Hall–Kier alpha value is -2.86. The average Bonchev–Trinajstić information content (AvgIpc) is 3.44. The Morgan fingerprint density at radius 3 is 2.68 bits per heavy atom. The van der Waals surface area contributed by atoms with Crippen LogP contribution in [-0.4, -0.2) is 23.3 Å². The highest BCUT2D eigenvalue weighted by Gasteiger charge is 2.37. The van der Waals surface area contributed by atoms with E-state index in [4.69, 9.17) is 4.42 Å². The van der Waals surface area contributed by atoms with E-state index in [1.165, 1.54) is 0 Å². The van der Waals surface area contributed by atoms with Crippen molar-refractivity contribution >= 4 is 28.8 Å². The summed E-state index contributed by atoms with van der Waals surface area (Å²) in [6.45, 7) is 3.35. The van der Waals surface area contributed by atoms with Crippen molar-refractivity contribution in [2.24, 2.45) is 5.92 Å². The van der Waals surface area contributed by atoms with E-state index in [0.717, 1.165) is 21.9 Å². The molecule has 1 unspecified atom stereocenters. The van der Waals surface area contributed by atoms with E-state index in [1.54, 1.807) is 27.4 Å². The number of carbonyl (C=O) groups excluding carboxylic acids is 2. The molecule has 0 N–H and O–H groups in total. The number of nitrogens with zero attached hydrogens (tertiary/aromatic N) is 2. The van der Waals surface area contributed by atoms with Crippen LogP contribution in [0.3, 0.4) is 0 Å². The lowest BCUT2D eigenvalue weighted by molar-refractivity contribution is -0.137. The molecule has 3 heterocycles. The molecule has 0 spiro atoms. The fourth-order valence-electron chi connectivity index (χ4n) is 3.50. The summed E-state index contributed by atoms with van der Waals surface area (Å²) in [6, 6.07) is 15.5. The van der Waals surface area contributed by atoms with Gasteiger partial charge in [-0.3, -0.25) is 9.59 Å². The van der Waals surface area contributed by atoms with Crippen molar-refractivity contribution in [2.75, 3.05) is 11.4 Å². The van der Waals surface area contributed by atoms with E-state index < -0.39 is 0 Å². The summed E-state index contributed by atoms with van der Waals surface area (Å²) in [5.74, 6) is 0.386. The van der Waals surface area contributed by atoms with Gasteiger partial charge >= 0.3 is 0 Å². The molecule has 2 amide bonds. The first-order chi connectivity index (χ1) is 13.6. The first kappa shape index (κ1) is 18.5. The maximum atomic E-state index is 13.3. The minimum absolute atomic E-state index is 0.00345. The minimum Gasteiger partial charge on any atom is -0.467 e. The largest absolute Gasteiger partial charge is 0.467 e. The molecule has 0 bridgehead atoms. The number of amides is 2. The van der Waals surface area contributed by atoms with Gasteiger partial charge in [-0.15, -0.1) is 11.3 Å². The second-order valence-corrected chi connectivity index (χ2v) is 8.13. The smallest absolute Gasteiger partial charge is 0.228 e. The lowest BCUT2D eigenvalue weighted by Crippen LogP contribution is -2.36. The third kappa shape index (κ3) is 4.02. The van der Waals surface area contributed by atoms with Crippen molar-refractivity contribution in [3.05, 3.63) is 76.4 Å². The molecule has 2 aromatic heterocycles. The maximum absolute atomic E-state index is 13.3. The third-order valence-corrected chi connectivity index (χ3v) is 5.85. The topological polar surface area (TPSA) is 53.8 Å². The molecule has 0 radical (unpaired) electrons. The molecule has 1 aromatic carbocycles. The zero-order valence-electron chi connectivity index (χ0n) is 15.7. The highest BCUT2D eigenvalue weighted by Crippen LogP contribution is 2.28. The number of rotatable bonds is 6. The van der Waals surface area contributed by atoms with E-state index >= 15 is 0 Å². The molecular weight excluding hydrogens is 372 g/mol. The summed E-state index contributed by atoms with van der Waals surface area (Å²) in [4.78, 5) is 30.5. The normalized spacial score (nSPS) is 16.5. The van der Waals surface area contributed by atoms with Crippen LogP contribution in [0.5, 0.6) is 0 Å². The standard InChI is InChI=1S/C22H22N2O3S/c1-16-6-8-18(9-7-16)24-13-17(12-21(24)25)22(26)23(14-19-4-2-10-27-19)15-20-5-3-11-28-20/h2-11,17H,12-15H2,1H3. The Bertz CT molecular complexity index is 897. The van der Waals surface area contributed by atoms with Gasteiger partial charge in [0, 0.05) is 23.5 Å². The van der Waals surface area contributed by atoms with Gasteiger partial charge < -0.3 is 14.2 Å². The van der Waals surface area contributed by atoms with E-state index in [-0.39, 0.29) is 24.2 Å². The van der Waals surface area contributed by atoms with E-state index in [0.29, 0.717) is 19.6 Å². The van der Waals surface area contributed by atoms with E-state index in [9.17, 15) is 9.59 Å². The summed E-state index contributed by atoms with van der Waals surface area (Å²) < 4.78 is 5.45. The summed E-state index contributed by atoms with van der Waals surface area (Å²) in [5, 5.41) is 2.00. The molecule has 0 aliphatic carbocycles. The van der Waals surface area contributed by atoms with Crippen molar-refractivity contribution in [3.8, 4) is 0 Å². The molecule has 6 heteroatoms. The lowest BCUT2D eigenvalue weighted by atomic mass is 10.1.